The van der Waals surface area contributed by atoms with Crippen LogP contribution < -0.4 is 5.73 Å². The molecule has 2 N–H and O–H groups in total. The van der Waals surface area contributed by atoms with Crippen LogP contribution in [-0.4, -0.2) is 6.54 Å². The monoisotopic (exact) mass is 169 g/mol. The van der Waals surface area contributed by atoms with Crippen LogP contribution in [0.15, 0.2) is 12.7 Å². The third-order valence-electron chi connectivity index (χ3n) is 2.55. The van der Waals surface area contributed by atoms with Gasteiger partial charge in [0.15, 0.2) is 0 Å². The Morgan fingerprint density at radius 2 is 2.08 bits per heavy atom. The van der Waals surface area contributed by atoms with E-state index in [2.05, 4.69) is 20.4 Å². The maximum atomic E-state index is 5.62. The molecule has 0 radical (unpaired) electrons. The fourth-order valence-corrected chi connectivity index (χ4v) is 1.41. The number of hydrogen-bond acceptors (Lipinski definition) is 1. The van der Waals surface area contributed by atoms with E-state index in [9.17, 15) is 0 Å². The molecule has 0 aliphatic carbocycles. The molecule has 72 valence electrons. The van der Waals surface area contributed by atoms with Crippen molar-refractivity contribution in [3.63, 3.8) is 0 Å². The Morgan fingerprint density at radius 1 is 1.42 bits per heavy atom. The van der Waals surface area contributed by atoms with Gasteiger partial charge in [0.2, 0.25) is 0 Å². The number of hydrogen-bond donors (Lipinski definition) is 1. The van der Waals surface area contributed by atoms with Gasteiger partial charge in [-0.25, -0.2) is 0 Å². The summed E-state index contributed by atoms with van der Waals surface area (Å²) in [7, 11) is 0. The molecule has 0 spiro atoms. The molecule has 1 nitrogen and oxygen atoms in total. The van der Waals surface area contributed by atoms with Gasteiger partial charge in [-0.1, -0.05) is 32.8 Å². The predicted molar refractivity (Wildman–Crippen MR) is 56.0 cm³/mol. The lowest BCUT2D eigenvalue weighted by Gasteiger charge is -2.14. The average Bonchev–Trinajstić information content (AvgIpc) is 2.07. The first-order valence-electron chi connectivity index (χ1n) is 5.05. The quantitative estimate of drug-likeness (QED) is 0.583. The predicted octanol–water partition coefficient (Wildman–Crippen LogP) is 2.96. The number of rotatable bonds is 7. The molecule has 0 aliphatic rings. The van der Waals surface area contributed by atoms with Crippen molar-refractivity contribution < 1.29 is 0 Å². The zero-order valence-corrected chi connectivity index (χ0v) is 8.55. The Hall–Kier alpha value is -0.300. The van der Waals surface area contributed by atoms with E-state index in [4.69, 9.17) is 5.73 Å². The standard InChI is InChI=1S/C11H23N/c1-4-6-10(3)7-8-11(5-2)9-12/h4,10-11H,1,5-9,12H2,2-3H3. The summed E-state index contributed by atoms with van der Waals surface area (Å²) in [5.74, 6) is 1.51. The van der Waals surface area contributed by atoms with Crippen LogP contribution in [0.4, 0.5) is 0 Å². The minimum atomic E-state index is 0.734. The van der Waals surface area contributed by atoms with Crippen molar-refractivity contribution in [2.24, 2.45) is 17.6 Å². The van der Waals surface area contributed by atoms with Crippen LogP contribution in [0.25, 0.3) is 0 Å². The maximum absolute atomic E-state index is 5.62. The molecule has 12 heavy (non-hydrogen) atoms. The van der Waals surface area contributed by atoms with E-state index in [-0.39, 0.29) is 0 Å². The molecule has 0 aromatic rings. The fourth-order valence-electron chi connectivity index (χ4n) is 1.41. The summed E-state index contributed by atoms with van der Waals surface area (Å²) in [6.45, 7) is 9.09. The first-order valence-corrected chi connectivity index (χ1v) is 5.05. The molecular weight excluding hydrogens is 146 g/mol. The second-order valence-electron chi connectivity index (χ2n) is 3.72. The molecular formula is C11H23N. The first kappa shape index (κ1) is 11.7. The van der Waals surface area contributed by atoms with Gasteiger partial charge in [-0.3, -0.25) is 0 Å². The van der Waals surface area contributed by atoms with Crippen molar-refractivity contribution in [3.8, 4) is 0 Å². The van der Waals surface area contributed by atoms with Crippen LogP contribution in [0, 0.1) is 11.8 Å². The van der Waals surface area contributed by atoms with Gasteiger partial charge in [0.1, 0.15) is 0 Å². The van der Waals surface area contributed by atoms with Crippen LogP contribution in [-0.2, 0) is 0 Å². The molecule has 1 heteroatoms. The van der Waals surface area contributed by atoms with Crippen LogP contribution in [0.1, 0.15) is 39.5 Å². The van der Waals surface area contributed by atoms with Crippen LogP contribution >= 0.6 is 0 Å². The Morgan fingerprint density at radius 3 is 2.50 bits per heavy atom. The third kappa shape index (κ3) is 5.36. The Bertz CT molecular complexity index is 106. The Kier molecular flexibility index (Phi) is 7.17. The average molecular weight is 169 g/mol. The zero-order valence-electron chi connectivity index (χ0n) is 8.55. The van der Waals surface area contributed by atoms with Crippen molar-refractivity contribution in [2.75, 3.05) is 6.54 Å². The molecule has 0 fully saturated rings. The van der Waals surface area contributed by atoms with Gasteiger partial charge in [-0.2, -0.15) is 0 Å². The third-order valence-corrected chi connectivity index (χ3v) is 2.55. The summed E-state index contributed by atoms with van der Waals surface area (Å²) in [4.78, 5) is 0. The van der Waals surface area contributed by atoms with E-state index in [1.807, 2.05) is 6.08 Å². The van der Waals surface area contributed by atoms with E-state index in [1.54, 1.807) is 0 Å². The van der Waals surface area contributed by atoms with Crippen molar-refractivity contribution in [1.82, 2.24) is 0 Å². The second-order valence-corrected chi connectivity index (χ2v) is 3.72. The molecule has 0 aromatic heterocycles. The lowest BCUT2D eigenvalue weighted by Crippen LogP contribution is -2.14. The van der Waals surface area contributed by atoms with Gasteiger partial charge in [-0.15, -0.1) is 6.58 Å². The highest BCUT2D eigenvalue weighted by Crippen LogP contribution is 2.16. The highest BCUT2D eigenvalue weighted by Gasteiger charge is 2.06. The molecule has 0 aromatic carbocycles. The van der Waals surface area contributed by atoms with Crippen molar-refractivity contribution >= 4 is 0 Å². The summed E-state index contributed by atoms with van der Waals surface area (Å²) in [6, 6.07) is 0. The van der Waals surface area contributed by atoms with E-state index >= 15 is 0 Å². The number of nitrogens with two attached hydrogens (primary N) is 1. The Labute approximate surface area is 77.0 Å². The minimum Gasteiger partial charge on any atom is -0.330 e. The van der Waals surface area contributed by atoms with Crippen molar-refractivity contribution in [2.45, 2.75) is 39.5 Å². The van der Waals surface area contributed by atoms with Crippen molar-refractivity contribution in [3.05, 3.63) is 12.7 Å². The normalized spacial score (nSPS) is 15.6. The molecule has 0 rings (SSSR count). The summed E-state index contributed by atoms with van der Waals surface area (Å²) >= 11 is 0. The van der Waals surface area contributed by atoms with E-state index in [0.29, 0.717) is 0 Å². The Balaban J connectivity index is 3.43. The highest BCUT2D eigenvalue weighted by atomic mass is 14.5. The van der Waals surface area contributed by atoms with Gasteiger partial charge in [0.25, 0.3) is 0 Å². The van der Waals surface area contributed by atoms with Crippen LogP contribution in [0.3, 0.4) is 0 Å². The van der Waals surface area contributed by atoms with Gasteiger partial charge in [0.05, 0.1) is 0 Å². The van der Waals surface area contributed by atoms with Crippen LogP contribution in [0.5, 0.6) is 0 Å². The summed E-state index contributed by atoms with van der Waals surface area (Å²) < 4.78 is 0. The first-order chi connectivity index (χ1) is 5.74. The SMILES string of the molecule is C=CCC(C)CCC(CC)CN. The molecule has 2 unspecified atom stereocenters. The van der Waals surface area contributed by atoms with E-state index < -0.39 is 0 Å². The largest absolute Gasteiger partial charge is 0.330 e. The van der Waals surface area contributed by atoms with E-state index in [1.165, 1.54) is 19.3 Å². The van der Waals surface area contributed by atoms with Gasteiger partial charge < -0.3 is 5.73 Å². The number of allylic oxidation sites excluding steroid dienone is 1. The fraction of sp³-hybridized carbons (Fsp3) is 0.818. The minimum absolute atomic E-state index is 0.734. The maximum Gasteiger partial charge on any atom is -0.00490 e. The molecule has 0 aliphatic heterocycles. The lowest BCUT2D eigenvalue weighted by molar-refractivity contribution is 0.407. The molecule has 0 bridgehead atoms. The summed E-state index contributed by atoms with van der Waals surface area (Å²) in [5, 5.41) is 0. The van der Waals surface area contributed by atoms with Crippen LogP contribution in [0.2, 0.25) is 0 Å². The second kappa shape index (κ2) is 7.35. The summed E-state index contributed by atoms with van der Waals surface area (Å²) in [5.41, 5.74) is 5.62. The highest BCUT2D eigenvalue weighted by molar-refractivity contribution is 4.71. The van der Waals surface area contributed by atoms with Gasteiger partial charge >= 0.3 is 0 Å². The molecule has 0 saturated heterocycles. The zero-order chi connectivity index (χ0) is 9.40. The smallest absolute Gasteiger partial charge is 0.00490 e. The van der Waals surface area contributed by atoms with Gasteiger partial charge in [0, 0.05) is 0 Å². The van der Waals surface area contributed by atoms with Crippen molar-refractivity contribution in [1.29, 1.82) is 0 Å². The molecule has 0 saturated carbocycles. The lowest BCUT2D eigenvalue weighted by atomic mass is 9.93. The van der Waals surface area contributed by atoms with E-state index in [0.717, 1.165) is 24.8 Å². The topological polar surface area (TPSA) is 26.0 Å². The summed E-state index contributed by atoms with van der Waals surface area (Å²) in [6.07, 6.45) is 6.94. The molecule has 0 heterocycles. The van der Waals surface area contributed by atoms with Gasteiger partial charge in [-0.05, 0) is 31.2 Å². The molecule has 2 atom stereocenters. The molecule has 0 amide bonds.